The first-order valence-corrected chi connectivity index (χ1v) is 7.15. The number of thioether (sulfide) groups is 1. The van der Waals surface area contributed by atoms with Crippen molar-refractivity contribution in [2.45, 2.75) is 0 Å². The monoisotopic (exact) mass is 305 g/mol. The van der Waals surface area contributed by atoms with Crippen molar-refractivity contribution >= 4 is 34.4 Å². The number of nitrogens with zero attached hydrogens (tertiary/aromatic N) is 2. The molecule has 1 aromatic carbocycles. The Kier molecular flexibility index (Phi) is 6.23. The summed E-state index contributed by atoms with van der Waals surface area (Å²) in [4.78, 5) is 27.7. The van der Waals surface area contributed by atoms with Crippen LogP contribution in [0.25, 0.3) is 0 Å². The summed E-state index contributed by atoms with van der Waals surface area (Å²) in [5.41, 5.74) is 1.03. The highest BCUT2D eigenvalue weighted by Crippen LogP contribution is 2.19. The molecule has 2 amide bonds. The Labute approximate surface area is 126 Å². The van der Waals surface area contributed by atoms with Crippen LogP contribution in [0.4, 0.5) is 5.69 Å². The SMILES string of the molecule is CNC(=O)c1cc(N=C(NC#N)SC)cc(C(=O)NC)c1. The molecule has 1 rings (SSSR count). The summed E-state index contributed by atoms with van der Waals surface area (Å²) in [7, 11) is 3.00. The van der Waals surface area contributed by atoms with Crippen LogP contribution in [-0.2, 0) is 0 Å². The number of amidine groups is 1. The maximum atomic E-state index is 11.7. The maximum Gasteiger partial charge on any atom is 0.251 e. The van der Waals surface area contributed by atoms with E-state index in [4.69, 9.17) is 5.26 Å². The summed E-state index contributed by atoms with van der Waals surface area (Å²) < 4.78 is 0. The van der Waals surface area contributed by atoms with Gasteiger partial charge in [0.1, 0.15) is 0 Å². The standard InChI is InChI=1S/C13H15N5O2S/c1-15-11(19)8-4-9(12(20)16-2)6-10(5-8)18-13(21-3)17-7-14/h4-6H,1-3H3,(H,15,19)(H,16,20)(H,17,18). The molecule has 0 radical (unpaired) electrons. The van der Waals surface area contributed by atoms with Crippen molar-refractivity contribution in [1.29, 1.82) is 5.26 Å². The second-order valence-corrected chi connectivity index (χ2v) is 4.58. The van der Waals surface area contributed by atoms with Crippen LogP contribution in [-0.4, -0.2) is 37.3 Å². The highest BCUT2D eigenvalue weighted by Gasteiger charge is 2.11. The third-order valence-corrected chi connectivity index (χ3v) is 3.06. The number of nitrogens with one attached hydrogen (secondary N) is 3. The molecular formula is C13H15N5O2S. The molecule has 0 saturated heterocycles. The van der Waals surface area contributed by atoms with Gasteiger partial charge in [-0.1, -0.05) is 11.8 Å². The maximum absolute atomic E-state index is 11.7. The Morgan fingerprint density at radius 3 is 2.05 bits per heavy atom. The van der Waals surface area contributed by atoms with E-state index >= 15 is 0 Å². The van der Waals surface area contributed by atoms with Gasteiger partial charge in [-0.3, -0.25) is 14.9 Å². The molecular weight excluding hydrogens is 290 g/mol. The summed E-state index contributed by atoms with van der Waals surface area (Å²) >= 11 is 1.24. The zero-order valence-corrected chi connectivity index (χ0v) is 12.7. The molecule has 1 aromatic rings. The van der Waals surface area contributed by atoms with E-state index in [9.17, 15) is 9.59 Å². The highest BCUT2D eigenvalue weighted by atomic mass is 32.2. The summed E-state index contributed by atoms with van der Waals surface area (Å²) in [6, 6.07) is 4.56. The van der Waals surface area contributed by atoms with Gasteiger partial charge < -0.3 is 10.6 Å². The van der Waals surface area contributed by atoms with Crippen molar-refractivity contribution < 1.29 is 9.59 Å². The lowest BCUT2D eigenvalue weighted by atomic mass is 10.1. The first kappa shape index (κ1) is 16.5. The van der Waals surface area contributed by atoms with Gasteiger partial charge in [0, 0.05) is 25.2 Å². The molecule has 0 spiro atoms. The van der Waals surface area contributed by atoms with Crippen molar-refractivity contribution in [3.63, 3.8) is 0 Å². The molecule has 0 aliphatic rings. The molecule has 8 heteroatoms. The van der Waals surface area contributed by atoms with Crippen LogP contribution in [0, 0.1) is 11.5 Å². The Balaban J connectivity index is 3.34. The molecule has 3 N–H and O–H groups in total. The minimum atomic E-state index is -0.323. The lowest BCUT2D eigenvalue weighted by Gasteiger charge is -2.07. The van der Waals surface area contributed by atoms with Gasteiger partial charge in [0.05, 0.1) is 5.69 Å². The fourth-order valence-electron chi connectivity index (χ4n) is 1.52. The van der Waals surface area contributed by atoms with Crippen molar-refractivity contribution in [1.82, 2.24) is 16.0 Å². The molecule has 0 atom stereocenters. The predicted molar refractivity (Wildman–Crippen MR) is 82.6 cm³/mol. The van der Waals surface area contributed by atoms with Crippen LogP contribution in [0.2, 0.25) is 0 Å². The van der Waals surface area contributed by atoms with E-state index in [-0.39, 0.29) is 11.8 Å². The van der Waals surface area contributed by atoms with E-state index in [0.717, 1.165) is 0 Å². The van der Waals surface area contributed by atoms with Crippen molar-refractivity contribution in [3.8, 4) is 6.19 Å². The third-order valence-electron chi connectivity index (χ3n) is 2.48. The second kappa shape index (κ2) is 7.91. The van der Waals surface area contributed by atoms with E-state index < -0.39 is 0 Å². The molecule has 0 saturated carbocycles. The van der Waals surface area contributed by atoms with Crippen LogP contribution in [0.3, 0.4) is 0 Å². The highest BCUT2D eigenvalue weighted by molar-refractivity contribution is 8.13. The van der Waals surface area contributed by atoms with E-state index in [0.29, 0.717) is 22.0 Å². The third kappa shape index (κ3) is 4.50. The molecule has 0 unspecified atom stereocenters. The van der Waals surface area contributed by atoms with E-state index in [1.807, 2.05) is 0 Å². The van der Waals surface area contributed by atoms with Crippen LogP contribution in [0.5, 0.6) is 0 Å². The fourth-order valence-corrected chi connectivity index (χ4v) is 1.86. The van der Waals surface area contributed by atoms with E-state index in [1.54, 1.807) is 24.6 Å². The Bertz CT molecular complexity index is 587. The molecule has 0 heterocycles. The minimum Gasteiger partial charge on any atom is -0.355 e. The molecule has 7 nitrogen and oxygen atoms in total. The smallest absolute Gasteiger partial charge is 0.251 e. The molecule has 110 valence electrons. The summed E-state index contributed by atoms with van der Waals surface area (Å²) in [5.74, 6) is -0.646. The average Bonchev–Trinajstić information content (AvgIpc) is 2.52. The number of rotatable bonds is 3. The lowest BCUT2D eigenvalue weighted by molar-refractivity contribution is 0.0962. The van der Waals surface area contributed by atoms with Gasteiger partial charge in [-0.15, -0.1) is 0 Å². The molecule has 0 aliphatic carbocycles. The number of nitriles is 1. The van der Waals surface area contributed by atoms with Gasteiger partial charge in [0.25, 0.3) is 11.8 Å². The first-order chi connectivity index (χ1) is 10.0. The van der Waals surface area contributed by atoms with Crippen LogP contribution < -0.4 is 16.0 Å². The summed E-state index contributed by atoms with van der Waals surface area (Å²) in [5, 5.41) is 16.4. The summed E-state index contributed by atoms with van der Waals surface area (Å²) in [6.07, 6.45) is 3.53. The summed E-state index contributed by atoms with van der Waals surface area (Å²) in [6.45, 7) is 0. The number of amides is 2. The number of carbonyl (C=O) groups is 2. The quantitative estimate of drug-likeness (QED) is 0.332. The van der Waals surface area contributed by atoms with Gasteiger partial charge in [0.2, 0.25) is 0 Å². The molecule has 0 fully saturated rings. The van der Waals surface area contributed by atoms with E-state index in [2.05, 4.69) is 20.9 Å². The van der Waals surface area contributed by atoms with Gasteiger partial charge in [-0.25, -0.2) is 4.99 Å². The molecule has 0 bridgehead atoms. The number of carbonyl (C=O) groups excluding carboxylic acids is 2. The number of hydrogen-bond acceptors (Lipinski definition) is 5. The van der Waals surface area contributed by atoms with Crippen LogP contribution in [0.15, 0.2) is 23.2 Å². The predicted octanol–water partition coefficient (Wildman–Crippen LogP) is 0.827. The lowest BCUT2D eigenvalue weighted by Crippen LogP contribution is -2.21. The van der Waals surface area contributed by atoms with E-state index in [1.165, 1.54) is 31.9 Å². The van der Waals surface area contributed by atoms with Crippen molar-refractivity contribution in [3.05, 3.63) is 29.3 Å². The number of benzene rings is 1. The van der Waals surface area contributed by atoms with Gasteiger partial charge in [0.15, 0.2) is 11.4 Å². The minimum absolute atomic E-state index is 0.315. The Morgan fingerprint density at radius 1 is 1.14 bits per heavy atom. The Hall–Kier alpha value is -2.53. The molecule has 0 aromatic heterocycles. The normalized spacial score (nSPS) is 10.5. The Morgan fingerprint density at radius 2 is 1.67 bits per heavy atom. The topological polar surface area (TPSA) is 106 Å². The zero-order valence-electron chi connectivity index (χ0n) is 11.9. The van der Waals surface area contributed by atoms with Crippen LogP contribution in [0.1, 0.15) is 20.7 Å². The average molecular weight is 305 g/mol. The number of hydrogen-bond donors (Lipinski definition) is 3. The van der Waals surface area contributed by atoms with Crippen LogP contribution >= 0.6 is 11.8 Å². The second-order valence-electron chi connectivity index (χ2n) is 3.78. The largest absolute Gasteiger partial charge is 0.355 e. The van der Waals surface area contributed by atoms with Gasteiger partial charge >= 0.3 is 0 Å². The van der Waals surface area contributed by atoms with Gasteiger partial charge in [-0.2, -0.15) is 5.26 Å². The zero-order chi connectivity index (χ0) is 15.8. The van der Waals surface area contributed by atoms with Crippen molar-refractivity contribution in [2.24, 2.45) is 4.99 Å². The molecule has 0 aliphatic heterocycles. The first-order valence-electron chi connectivity index (χ1n) is 5.92. The van der Waals surface area contributed by atoms with Gasteiger partial charge in [-0.05, 0) is 24.5 Å². The molecule has 21 heavy (non-hydrogen) atoms. The fraction of sp³-hybridized carbons (Fsp3) is 0.231. The van der Waals surface area contributed by atoms with Crippen molar-refractivity contribution in [2.75, 3.05) is 20.4 Å². The number of aliphatic imine (C=N–C) groups is 1.